The number of aliphatic hydroxyl groups is 1. The van der Waals surface area contributed by atoms with E-state index in [0.717, 1.165) is 50.6 Å². The molecule has 2 saturated carbocycles. The number of likely N-dealkylation sites (tertiary alicyclic amines) is 1. The van der Waals surface area contributed by atoms with Gasteiger partial charge in [0.25, 0.3) is 0 Å². The van der Waals surface area contributed by atoms with Crippen molar-refractivity contribution in [2.75, 3.05) is 13.1 Å². The van der Waals surface area contributed by atoms with Crippen LogP contribution >= 0.6 is 0 Å². The van der Waals surface area contributed by atoms with Crippen LogP contribution in [0.1, 0.15) is 62.6 Å². The summed E-state index contributed by atoms with van der Waals surface area (Å²) >= 11 is 0. The van der Waals surface area contributed by atoms with Crippen molar-refractivity contribution in [3.8, 4) is 0 Å². The SMILES string of the molecule is OC12CCCCC1CN(Cc1noc(C3CC3)n1)CC2. The lowest BCUT2D eigenvalue weighted by Gasteiger charge is -2.47. The van der Waals surface area contributed by atoms with Gasteiger partial charge in [-0.3, -0.25) is 4.90 Å². The van der Waals surface area contributed by atoms with E-state index in [0.29, 0.717) is 11.8 Å². The monoisotopic (exact) mass is 277 g/mol. The minimum Gasteiger partial charge on any atom is -0.390 e. The molecule has 0 bridgehead atoms. The molecule has 4 rings (SSSR count). The van der Waals surface area contributed by atoms with Gasteiger partial charge in [0.05, 0.1) is 12.1 Å². The molecule has 1 saturated heterocycles. The van der Waals surface area contributed by atoms with Gasteiger partial charge in [0.1, 0.15) is 0 Å². The smallest absolute Gasteiger partial charge is 0.229 e. The van der Waals surface area contributed by atoms with Crippen LogP contribution in [0, 0.1) is 5.92 Å². The number of fused-ring (bicyclic) bond motifs is 1. The Morgan fingerprint density at radius 1 is 1.25 bits per heavy atom. The van der Waals surface area contributed by atoms with Gasteiger partial charge >= 0.3 is 0 Å². The average molecular weight is 277 g/mol. The summed E-state index contributed by atoms with van der Waals surface area (Å²) in [5.74, 6) is 2.60. The predicted octanol–water partition coefficient (Wildman–Crippen LogP) is 2.07. The molecule has 0 spiro atoms. The molecule has 2 atom stereocenters. The summed E-state index contributed by atoms with van der Waals surface area (Å²) in [6, 6.07) is 0. The lowest BCUT2D eigenvalue weighted by Crippen LogP contribution is -2.53. The molecule has 2 heterocycles. The molecule has 3 fully saturated rings. The summed E-state index contributed by atoms with van der Waals surface area (Å²) in [6.07, 6.45) is 7.87. The molecule has 1 N–H and O–H groups in total. The van der Waals surface area contributed by atoms with Gasteiger partial charge in [0.15, 0.2) is 5.82 Å². The van der Waals surface area contributed by atoms with E-state index in [4.69, 9.17) is 4.52 Å². The summed E-state index contributed by atoms with van der Waals surface area (Å²) in [4.78, 5) is 6.89. The van der Waals surface area contributed by atoms with Crippen molar-refractivity contribution in [1.29, 1.82) is 0 Å². The number of piperidine rings is 1. The lowest BCUT2D eigenvalue weighted by atomic mass is 9.71. The Labute approximate surface area is 119 Å². The zero-order valence-electron chi connectivity index (χ0n) is 11.9. The third kappa shape index (κ3) is 2.37. The largest absolute Gasteiger partial charge is 0.390 e. The highest BCUT2D eigenvalue weighted by Gasteiger charge is 2.42. The molecule has 110 valence electrons. The van der Waals surface area contributed by atoms with Gasteiger partial charge in [0.2, 0.25) is 5.89 Å². The van der Waals surface area contributed by atoms with Crippen LogP contribution in [0.4, 0.5) is 0 Å². The second-order valence-electron chi connectivity index (χ2n) is 6.85. The van der Waals surface area contributed by atoms with E-state index in [-0.39, 0.29) is 0 Å². The zero-order valence-corrected chi connectivity index (χ0v) is 11.9. The second kappa shape index (κ2) is 4.81. The molecule has 5 heteroatoms. The maximum atomic E-state index is 10.7. The minimum atomic E-state index is -0.398. The highest BCUT2D eigenvalue weighted by Crippen LogP contribution is 2.40. The Morgan fingerprint density at radius 3 is 3.00 bits per heavy atom. The normalized spacial score (nSPS) is 35.0. The molecule has 0 aromatic carbocycles. The van der Waals surface area contributed by atoms with Gasteiger partial charge in [-0.15, -0.1) is 0 Å². The van der Waals surface area contributed by atoms with E-state index >= 15 is 0 Å². The van der Waals surface area contributed by atoms with Crippen molar-refractivity contribution in [1.82, 2.24) is 15.0 Å². The van der Waals surface area contributed by atoms with E-state index in [2.05, 4.69) is 15.0 Å². The second-order valence-corrected chi connectivity index (χ2v) is 6.85. The Hall–Kier alpha value is -0.940. The van der Waals surface area contributed by atoms with Crippen LogP contribution in [0.2, 0.25) is 0 Å². The maximum absolute atomic E-state index is 10.7. The highest BCUT2D eigenvalue weighted by molar-refractivity contribution is 5.02. The summed E-state index contributed by atoms with van der Waals surface area (Å²) in [5, 5.41) is 14.8. The standard InChI is InChI=1S/C15H23N3O2/c19-15-6-2-1-3-12(15)9-18(8-7-15)10-13-16-14(20-17-13)11-4-5-11/h11-12,19H,1-10H2. The quantitative estimate of drug-likeness (QED) is 0.916. The van der Waals surface area contributed by atoms with Crippen molar-refractivity contribution in [3.63, 3.8) is 0 Å². The van der Waals surface area contributed by atoms with Crippen molar-refractivity contribution in [2.45, 2.75) is 63.0 Å². The van der Waals surface area contributed by atoms with E-state index < -0.39 is 5.60 Å². The third-order valence-electron chi connectivity index (χ3n) is 5.29. The minimum absolute atomic E-state index is 0.398. The van der Waals surface area contributed by atoms with Gasteiger partial charge in [-0.1, -0.05) is 18.0 Å². The molecule has 5 nitrogen and oxygen atoms in total. The Morgan fingerprint density at radius 2 is 2.15 bits per heavy atom. The van der Waals surface area contributed by atoms with Crippen molar-refractivity contribution in [3.05, 3.63) is 11.7 Å². The molecule has 3 aliphatic rings. The molecular weight excluding hydrogens is 254 g/mol. The van der Waals surface area contributed by atoms with Gasteiger partial charge in [-0.2, -0.15) is 4.98 Å². The number of hydrogen-bond donors (Lipinski definition) is 1. The topological polar surface area (TPSA) is 62.4 Å². The maximum Gasteiger partial charge on any atom is 0.229 e. The van der Waals surface area contributed by atoms with E-state index in [1.165, 1.54) is 25.7 Å². The summed E-state index contributed by atoms with van der Waals surface area (Å²) in [7, 11) is 0. The number of hydrogen-bond acceptors (Lipinski definition) is 5. The molecule has 0 radical (unpaired) electrons. The Bertz CT molecular complexity index is 485. The predicted molar refractivity (Wildman–Crippen MR) is 73.1 cm³/mol. The van der Waals surface area contributed by atoms with Gasteiger partial charge in [0, 0.05) is 24.9 Å². The fourth-order valence-corrected chi connectivity index (χ4v) is 3.81. The van der Waals surface area contributed by atoms with Crippen LogP contribution < -0.4 is 0 Å². The van der Waals surface area contributed by atoms with Gasteiger partial charge in [-0.25, -0.2) is 0 Å². The van der Waals surface area contributed by atoms with Crippen LogP contribution in [-0.2, 0) is 6.54 Å². The molecule has 0 amide bonds. The van der Waals surface area contributed by atoms with Crippen LogP contribution in [0.5, 0.6) is 0 Å². The molecule has 1 aromatic rings. The van der Waals surface area contributed by atoms with Crippen LogP contribution in [-0.4, -0.2) is 38.8 Å². The van der Waals surface area contributed by atoms with Crippen molar-refractivity contribution in [2.24, 2.45) is 5.92 Å². The van der Waals surface area contributed by atoms with Crippen LogP contribution in [0.25, 0.3) is 0 Å². The molecule has 2 aliphatic carbocycles. The first-order valence-corrected chi connectivity index (χ1v) is 8.00. The zero-order chi connectivity index (χ0) is 13.6. The first-order valence-electron chi connectivity index (χ1n) is 8.00. The lowest BCUT2D eigenvalue weighted by molar-refractivity contribution is -0.0971. The van der Waals surface area contributed by atoms with Crippen LogP contribution in [0.15, 0.2) is 4.52 Å². The summed E-state index contributed by atoms with van der Waals surface area (Å²) in [6.45, 7) is 2.69. The number of rotatable bonds is 3. The van der Waals surface area contributed by atoms with Crippen LogP contribution in [0.3, 0.4) is 0 Å². The highest BCUT2D eigenvalue weighted by atomic mass is 16.5. The number of nitrogens with zero attached hydrogens (tertiary/aromatic N) is 3. The number of aromatic nitrogens is 2. The third-order valence-corrected chi connectivity index (χ3v) is 5.29. The molecular formula is C15H23N3O2. The molecule has 1 aliphatic heterocycles. The first kappa shape index (κ1) is 12.8. The van der Waals surface area contributed by atoms with E-state index in [9.17, 15) is 5.11 Å². The first-order chi connectivity index (χ1) is 9.73. The molecule has 1 aromatic heterocycles. The Kier molecular flexibility index (Phi) is 3.07. The fourth-order valence-electron chi connectivity index (χ4n) is 3.81. The van der Waals surface area contributed by atoms with Crippen molar-refractivity contribution >= 4 is 0 Å². The summed E-state index contributed by atoms with van der Waals surface area (Å²) in [5.41, 5.74) is -0.398. The van der Waals surface area contributed by atoms with E-state index in [1.54, 1.807) is 0 Å². The summed E-state index contributed by atoms with van der Waals surface area (Å²) < 4.78 is 5.32. The molecule has 2 unspecified atom stereocenters. The van der Waals surface area contributed by atoms with E-state index in [1.807, 2.05) is 0 Å². The average Bonchev–Trinajstić information content (AvgIpc) is 3.20. The Balaban J connectivity index is 1.39. The van der Waals surface area contributed by atoms with Crippen molar-refractivity contribution < 1.29 is 9.63 Å². The van der Waals surface area contributed by atoms with Gasteiger partial charge in [-0.05, 0) is 32.1 Å². The fraction of sp³-hybridized carbons (Fsp3) is 0.867. The molecule has 20 heavy (non-hydrogen) atoms. The van der Waals surface area contributed by atoms with Gasteiger partial charge < -0.3 is 9.63 Å².